The molecular weight excluding hydrogens is 266 g/mol. The molecule has 1 aromatic rings. The summed E-state index contributed by atoms with van der Waals surface area (Å²) < 4.78 is 0. The van der Waals surface area contributed by atoms with Gasteiger partial charge in [0.05, 0.1) is 0 Å². The largest absolute Gasteiger partial charge is 0.310 e. The molecule has 2 heteroatoms. The highest BCUT2D eigenvalue weighted by molar-refractivity contribution is 6.30. The van der Waals surface area contributed by atoms with Crippen LogP contribution in [0.2, 0.25) is 5.02 Å². The van der Waals surface area contributed by atoms with Gasteiger partial charge in [-0.15, -0.1) is 0 Å². The summed E-state index contributed by atoms with van der Waals surface area (Å²) in [5.41, 5.74) is 2.77. The summed E-state index contributed by atoms with van der Waals surface area (Å²) in [7, 11) is 0. The maximum atomic E-state index is 6.23. The third-order valence-corrected chi connectivity index (χ3v) is 4.96. The zero-order valence-electron chi connectivity index (χ0n) is 13.1. The second kappa shape index (κ2) is 7.47. The van der Waals surface area contributed by atoms with Crippen LogP contribution in [0.4, 0.5) is 0 Å². The maximum absolute atomic E-state index is 6.23. The lowest BCUT2D eigenvalue weighted by molar-refractivity contribution is 0.231. The van der Waals surface area contributed by atoms with E-state index in [4.69, 9.17) is 11.6 Å². The number of hydrogen-bond donors (Lipinski definition) is 1. The minimum absolute atomic E-state index is 0.473. The molecule has 0 bridgehead atoms. The molecule has 2 rings (SSSR count). The smallest absolute Gasteiger partial charge is 0.0409 e. The topological polar surface area (TPSA) is 12.0 Å². The number of halogens is 1. The van der Waals surface area contributed by atoms with E-state index in [-0.39, 0.29) is 0 Å². The fourth-order valence-corrected chi connectivity index (χ4v) is 3.58. The molecule has 1 aliphatic rings. The van der Waals surface area contributed by atoms with E-state index in [1.807, 2.05) is 6.07 Å². The van der Waals surface area contributed by atoms with Gasteiger partial charge < -0.3 is 5.32 Å². The average Bonchev–Trinajstić information content (AvgIpc) is 2.44. The van der Waals surface area contributed by atoms with Crippen LogP contribution >= 0.6 is 11.6 Å². The number of hydrogen-bond acceptors (Lipinski definition) is 1. The van der Waals surface area contributed by atoms with E-state index in [9.17, 15) is 0 Å². The predicted octanol–water partition coefficient (Wildman–Crippen LogP) is 5.52. The molecule has 1 nitrogen and oxygen atoms in total. The summed E-state index contributed by atoms with van der Waals surface area (Å²) in [6, 6.07) is 6.80. The van der Waals surface area contributed by atoms with Gasteiger partial charge in [0.25, 0.3) is 0 Å². The monoisotopic (exact) mass is 293 g/mol. The first kappa shape index (κ1) is 15.9. The first-order valence-electron chi connectivity index (χ1n) is 8.11. The van der Waals surface area contributed by atoms with Crippen LogP contribution in [-0.4, -0.2) is 6.54 Å². The Hall–Kier alpha value is -0.530. The Morgan fingerprint density at radius 1 is 1.25 bits per heavy atom. The molecule has 1 aliphatic carbocycles. The number of rotatable bonds is 5. The van der Waals surface area contributed by atoms with Gasteiger partial charge in [-0.25, -0.2) is 0 Å². The lowest BCUT2D eigenvalue weighted by Gasteiger charge is -2.34. The minimum atomic E-state index is 0.473. The van der Waals surface area contributed by atoms with Crippen LogP contribution in [0.1, 0.15) is 63.1 Å². The Balaban J connectivity index is 2.20. The maximum Gasteiger partial charge on any atom is 0.0409 e. The molecule has 0 spiro atoms. The van der Waals surface area contributed by atoms with Gasteiger partial charge in [0.2, 0.25) is 0 Å². The Morgan fingerprint density at radius 2 is 1.95 bits per heavy atom. The second-order valence-electron chi connectivity index (χ2n) is 6.45. The minimum Gasteiger partial charge on any atom is -0.310 e. The van der Waals surface area contributed by atoms with Crippen LogP contribution in [0.3, 0.4) is 0 Å². The standard InChI is InChI=1S/C18H28ClN/c1-4-11-20-18(15-8-5-13(2)6-9-15)17-12-16(19)10-7-14(17)3/h7,10,12-13,15,18,20H,4-6,8-9,11H2,1-3H3. The highest BCUT2D eigenvalue weighted by Crippen LogP contribution is 2.38. The van der Waals surface area contributed by atoms with Crippen molar-refractivity contribution in [2.45, 2.75) is 58.9 Å². The van der Waals surface area contributed by atoms with E-state index in [1.165, 1.54) is 43.2 Å². The third-order valence-electron chi connectivity index (χ3n) is 4.72. The van der Waals surface area contributed by atoms with Crippen molar-refractivity contribution in [2.24, 2.45) is 11.8 Å². The Labute approximate surface area is 129 Å². The molecule has 1 fully saturated rings. The fourth-order valence-electron chi connectivity index (χ4n) is 3.40. The van der Waals surface area contributed by atoms with Crippen molar-refractivity contribution in [1.29, 1.82) is 0 Å². The highest BCUT2D eigenvalue weighted by Gasteiger charge is 2.27. The SMILES string of the molecule is CCCNC(c1cc(Cl)ccc1C)C1CCC(C)CC1. The van der Waals surface area contributed by atoms with Crippen molar-refractivity contribution in [3.8, 4) is 0 Å². The van der Waals surface area contributed by atoms with Gasteiger partial charge in [0.15, 0.2) is 0 Å². The molecule has 1 N–H and O–H groups in total. The molecule has 112 valence electrons. The van der Waals surface area contributed by atoms with Crippen LogP contribution in [0.5, 0.6) is 0 Å². The Kier molecular flexibility index (Phi) is 5.92. The molecule has 1 aromatic carbocycles. The van der Waals surface area contributed by atoms with Crippen molar-refractivity contribution in [3.05, 3.63) is 34.3 Å². The zero-order chi connectivity index (χ0) is 14.5. The molecule has 20 heavy (non-hydrogen) atoms. The summed E-state index contributed by atoms with van der Waals surface area (Å²) in [4.78, 5) is 0. The first-order valence-corrected chi connectivity index (χ1v) is 8.49. The summed E-state index contributed by atoms with van der Waals surface area (Å²) in [5.74, 6) is 1.66. The Morgan fingerprint density at radius 3 is 2.60 bits per heavy atom. The lowest BCUT2D eigenvalue weighted by Crippen LogP contribution is -2.31. The third kappa shape index (κ3) is 3.99. The second-order valence-corrected chi connectivity index (χ2v) is 6.89. The van der Waals surface area contributed by atoms with E-state index in [0.717, 1.165) is 23.4 Å². The molecule has 0 saturated heterocycles. The van der Waals surface area contributed by atoms with E-state index in [2.05, 4.69) is 38.2 Å². The van der Waals surface area contributed by atoms with Crippen LogP contribution in [0.15, 0.2) is 18.2 Å². The van der Waals surface area contributed by atoms with E-state index >= 15 is 0 Å². The van der Waals surface area contributed by atoms with Gasteiger partial charge in [-0.3, -0.25) is 0 Å². The first-order chi connectivity index (χ1) is 9.61. The van der Waals surface area contributed by atoms with Crippen molar-refractivity contribution in [3.63, 3.8) is 0 Å². The van der Waals surface area contributed by atoms with Crippen LogP contribution in [0, 0.1) is 18.8 Å². The fraction of sp³-hybridized carbons (Fsp3) is 0.667. The summed E-state index contributed by atoms with van der Waals surface area (Å²) in [6.45, 7) is 7.91. The van der Waals surface area contributed by atoms with Gasteiger partial charge in [0, 0.05) is 11.1 Å². The molecule has 0 radical (unpaired) electrons. The van der Waals surface area contributed by atoms with Crippen molar-refractivity contribution >= 4 is 11.6 Å². The average molecular weight is 294 g/mol. The van der Waals surface area contributed by atoms with Crippen molar-refractivity contribution in [2.75, 3.05) is 6.54 Å². The van der Waals surface area contributed by atoms with Crippen LogP contribution < -0.4 is 5.32 Å². The highest BCUT2D eigenvalue weighted by atomic mass is 35.5. The number of aryl methyl sites for hydroxylation is 1. The number of benzene rings is 1. The van der Waals surface area contributed by atoms with Crippen LogP contribution in [0.25, 0.3) is 0 Å². The summed E-state index contributed by atoms with van der Waals surface area (Å²) in [6.07, 6.45) is 6.60. The van der Waals surface area contributed by atoms with Gasteiger partial charge in [-0.2, -0.15) is 0 Å². The zero-order valence-corrected chi connectivity index (χ0v) is 13.8. The van der Waals surface area contributed by atoms with E-state index in [0.29, 0.717) is 6.04 Å². The lowest BCUT2D eigenvalue weighted by atomic mass is 9.76. The molecule has 0 heterocycles. The van der Waals surface area contributed by atoms with E-state index in [1.54, 1.807) is 0 Å². The normalized spacial score (nSPS) is 24.6. The van der Waals surface area contributed by atoms with Crippen LogP contribution in [-0.2, 0) is 0 Å². The molecular formula is C18H28ClN. The van der Waals surface area contributed by atoms with Gasteiger partial charge in [-0.1, -0.05) is 44.4 Å². The number of nitrogens with one attached hydrogen (secondary N) is 1. The molecule has 0 amide bonds. The van der Waals surface area contributed by atoms with Gasteiger partial charge in [0.1, 0.15) is 0 Å². The summed E-state index contributed by atoms with van der Waals surface area (Å²) >= 11 is 6.23. The molecule has 1 saturated carbocycles. The molecule has 1 unspecified atom stereocenters. The molecule has 1 atom stereocenters. The van der Waals surface area contributed by atoms with Gasteiger partial charge in [-0.05, 0) is 67.8 Å². The van der Waals surface area contributed by atoms with Crippen molar-refractivity contribution in [1.82, 2.24) is 5.32 Å². The van der Waals surface area contributed by atoms with E-state index < -0.39 is 0 Å². The summed E-state index contributed by atoms with van der Waals surface area (Å²) in [5, 5.41) is 4.64. The van der Waals surface area contributed by atoms with Crippen molar-refractivity contribution < 1.29 is 0 Å². The van der Waals surface area contributed by atoms with Gasteiger partial charge >= 0.3 is 0 Å². The molecule has 0 aromatic heterocycles. The molecule has 0 aliphatic heterocycles. The Bertz CT molecular complexity index is 421. The predicted molar refractivity (Wildman–Crippen MR) is 88.3 cm³/mol. The quantitative estimate of drug-likeness (QED) is 0.754.